The normalized spacial score (nSPS) is 12.5. The molecule has 0 spiro atoms. The second-order valence-corrected chi connectivity index (χ2v) is 18.9. The van der Waals surface area contributed by atoms with Crippen molar-refractivity contribution < 1.29 is 43.9 Å². The summed E-state index contributed by atoms with van der Waals surface area (Å²) < 4.78 is 157. The van der Waals surface area contributed by atoms with Crippen LogP contribution < -0.4 is 0 Å². The van der Waals surface area contributed by atoms with Gasteiger partial charge >= 0.3 is 0 Å². The summed E-state index contributed by atoms with van der Waals surface area (Å²) in [5.41, 5.74) is 4.51. The minimum absolute atomic E-state index is 0.154. The maximum atomic E-state index is 16.4. The Hall–Kier alpha value is -9.02. The first-order valence-electron chi connectivity index (χ1n) is 23.5. The van der Waals surface area contributed by atoms with E-state index in [0.29, 0.717) is 77.2 Å². The molecule has 0 saturated heterocycles. The highest BCUT2D eigenvalue weighted by atomic mass is 19.2. The van der Waals surface area contributed by atoms with Crippen molar-refractivity contribution in [3.05, 3.63) is 216 Å². The Kier molecular flexibility index (Phi) is 8.52. The topological polar surface area (TPSA) is 0 Å². The van der Waals surface area contributed by atoms with Crippen molar-refractivity contribution in [1.82, 2.24) is 0 Å². The number of rotatable bonds is 4. The second-order valence-electron chi connectivity index (χ2n) is 18.9. The SMILES string of the molecule is Fc1c(F)c(F)c(-c2c3c(c(-c4ccccc4)c4ccccc24)-c2ccc4c5ccc6c7c(ccc(c8ccc-3c2c48)c75)-c2c-6c(-c3ccccc3)c3ccccc3c2-c2c(F)c(F)c(F)c(F)c2F)c(F)c1F. The van der Waals surface area contributed by atoms with E-state index in [2.05, 4.69) is 0 Å². The van der Waals surface area contributed by atoms with Crippen molar-refractivity contribution in [3.63, 3.8) is 0 Å². The van der Waals surface area contributed by atoms with Crippen LogP contribution in [0.15, 0.2) is 158 Å². The zero-order chi connectivity index (χ0) is 50.3. The van der Waals surface area contributed by atoms with Crippen molar-refractivity contribution in [2.24, 2.45) is 0 Å². The Balaban J connectivity index is 1.09. The number of benzene rings is 13. The first-order chi connectivity index (χ1) is 36.0. The number of halogens is 10. The van der Waals surface area contributed by atoms with Crippen molar-refractivity contribution in [3.8, 4) is 89.0 Å². The van der Waals surface area contributed by atoms with Gasteiger partial charge in [-0.3, -0.25) is 0 Å². The average molecular weight is 985 g/mol. The molecule has 2 aliphatic rings. The summed E-state index contributed by atoms with van der Waals surface area (Å²) >= 11 is 0. The number of hydrogen-bond acceptors (Lipinski definition) is 0. The molecule has 0 radical (unpaired) electrons. The van der Waals surface area contributed by atoms with Gasteiger partial charge in [0.15, 0.2) is 46.5 Å². The summed E-state index contributed by atoms with van der Waals surface area (Å²) in [6, 6.07) is 47.4. The predicted octanol–water partition coefficient (Wildman–Crippen LogP) is 19.4. The predicted molar refractivity (Wildman–Crippen MR) is 273 cm³/mol. The van der Waals surface area contributed by atoms with Gasteiger partial charge in [-0.1, -0.05) is 158 Å². The maximum absolute atomic E-state index is 16.4. The second kappa shape index (κ2) is 14.8. The molecule has 74 heavy (non-hydrogen) atoms. The van der Waals surface area contributed by atoms with Crippen LogP contribution in [0.2, 0.25) is 0 Å². The molecule has 352 valence electrons. The van der Waals surface area contributed by atoms with Crippen LogP contribution >= 0.6 is 0 Å². The van der Waals surface area contributed by atoms with Crippen LogP contribution in [-0.4, -0.2) is 0 Å². The summed E-state index contributed by atoms with van der Waals surface area (Å²) in [5, 5.41) is 7.46. The first-order valence-corrected chi connectivity index (χ1v) is 23.5. The minimum atomic E-state index is -2.27. The molecule has 0 amide bonds. The van der Waals surface area contributed by atoms with Crippen LogP contribution in [0.4, 0.5) is 43.9 Å². The van der Waals surface area contributed by atoms with Crippen molar-refractivity contribution in [2.75, 3.05) is 0 Å². The molecule has 15 rings (SSSR count). The van der Waals surface area contributed by atoms with Crippen LogP contribution in [0.5, 0.6) is 0 Å². The smallest absolute Gasteiger partial charge is 0.200 e. The van der Waals surface area contributed by atoms with Gasteiger partial charge in [0.1, 0.15) is 0 Å². The van der Waals surface area contributed by atoms with E-state index in [4.69, 9.17) is 0 Å². The lowest BCUT2D eigenvalue weighted by atomic mass is 9.82. The monoisotopic (exact) mass is 984 g/mol. The molecule has 0 atom stereocenters. The summed E-state index contributed by atoms with van der Waals surface area (Å²) in [6.45, 7) is 0. The third-order valence-electron chi connectivity index (χ3n) is 15.5. The van der Waals surface area contributed by atoms with Gasteiger partial charge in [-0.2, -0.15) is 0 Å². The zero-order valence-electron chi connectivity index (χ0n) is 37.8. The fourth-order valence-electron chi connectivity index (χ4n) is 12.7. The molecule has 0 bridgehead atoms. The molecule has 0 nitrogen and oxygen atoms in total. The molecule has 13 aromatic carbocycles. The third-order valence-corrected chi connectivity index (χ3v) is 15.5. The Bertz CT molecular complexity index is 4370. The Morgan fingerprint density at radius 2 is 0.405 bits per heavy atom. The van der Waals surface area contributed by atoms with E-state index < -0.39 is 69.3 Å². The van der Waals surface area contributed by atoms with Crippen LogP contribution in [0, 0.1) is 58.2 Å². The zero-order valence-corrected chi connectivity index (χ0v) is 37.8. The standard InChI is InChI=1S/C64H26F10/c65-55-53(56(66)60(70)63(73)59(55)69)47-31-17-9-7-15-29(31)41(27-11-3-1-4-12-27)49-37-23-19-33-34-20-24-38-46-40(26-22-36(44(34)46)35-21-25-39(51(47)49)45(37)43(33)35)52-48(54-57(67)61(71)64(74)62(72)58(54)68)32-18-10-8-16-30(32)42(50(38)52)28-13-5-2-6-14-28/h1-26H. The van der Waals surface area contributed by atoms with E-state index in [1.54, 1.807) is 60.7 Å². The van der Waals surface area contributed by atoms with Gasteiger partial charge in [0, 0.05) is 11.1 Å². The fourth-order valence-corrected chi connectivity index (χ4v) is 12.7. The van der Waals surface area contributed by atoms with Gasteiger partial charge in [-0.05, 0) is 131 Å². The highest BCUT2D eigenvalue weighted by molar-refractivity contribution is 6.42. The van der Waals surface area contributed by atoms with Gasteiger partial charge in [0.25, 0.3) is 0 Å². The van der Waals surface area contributed by atoms with Gasteiger partial charge in [-0.15, -0.1) is 0 Å². The molecule has 0 heterocycles. The summed E-state index contributed by atoms with van der Waals surface area (Å²) in [7, 11) is 0. The van der Waals surface area contributed by atoms with Crippen LogP contribution in [0.1, 0.15) is 0 Å². The van der Waals surface area contributed by atoms with E-state index in [9.17, 15) is 8.78 Å². The molecule has 10 heteroatoms. The van der Waals surface area contributed by atoms with E-state index in [-0.39, 0.29) is 21.9 Å². The summed E-state index contributed by atoms with van der Waals surface area (Å²) in [5.74, 6) is -20.6. The van der Waals surface area contributed by atoms with E-state index >= 15 is 35.1 Å². The quantitative estimate of drug-likeness (QED) is 0.0542. The van der Waals surface area contributed by atoms with Gasteiger partial charge < -0.3 is 0 Å². The van der Waals surface area contributed by atoms with Crippen LogP contribution in [-0.2, 0) is 0 Å². The van der Waals surface area contributed by atoms with Crippen molar-refractivity contribution in [1.29, 1.82) is 0 Å². The third kappa shape index (κ3) is 5.14. The highest BCUT2D eigenvalue weighted by Gasteiger charge is 2.39. The Labute approximate surface area is 411 Å². The number of hydrogen-bond donors (Lipinski definition) is 0. The van der Waals surface area contributed by atoms with Gasteiger partial charge in [0.05, 0.1) is 11.1 Å². The van der Waals surface area contributed by atoms with Gasteiger partial charge in [0.2, 0.25) is 11.6 Å². The Morgan fingerprint density at radius 3 is 0.703 bits per heavy atom. The maximum Gasteiger partial charge on any atom is 0.200 e. The molecule has 0 unspecified atom stereocenters. The first kappa shape index (κ1) is 42.6. The lowest BCUT2D eigenvalue weighted by Gasteiger charge is -2.21. The molecule has 0 aromatic heterocycles. The summed E-state index contributed by atoms with van der Waals surface area (Å²) in [6.07, 6.45) is 0. The van der Waals surface area contributed by atoms with E-state index in [1.165, 1.54) is 0 Å². The molecule has 13 aromatic rings. The summed E-state index contributed by atoms with van der Waals surface area (Å²) in [4.78, 5) is 0. The van der Waals surface area contributed by atoms with Crippen molar-refractivity contribution in [2.45, 2.75) is 0 Å². The lowest BCUT2D eigenvalue weighted by Crippen LogP contribution is -2.05. The molecule has 0 aliphatic heterocycles. The van der Waals surface area contributed by atoms with Crippen molar-refractivity contribution >= 4 is 64.6 Å². The minimum Gasteiger partial charge on any atom is -0.203 e. The lowest BCUT2D eigenvalue weighted by molar-refractivity contribution is 0.381. The molecular weight excluding hydrogens is 959 g/mol. The highest BCUT2D eigenvalue weighted by Crippen LogP contribution is 2.63. The average Bonchev–Trinajstić information content (AvgIpc) is 3.98. The van der Waals surface area contributed by atoms with E-state index in [0.717, 1.165) is 43.4 Å². The molecule has 2 aliphatic carbocycles. The number of fused-ring (bicyclic) bond motifs is 10. The fraction of sp³-hybridized carbons (Fsp3) is 0. The molecule has 0 N–H and O–H groups in total. The molecular formula is C64H26F10. The van der Waals surface area contributed by atoms with Crippen LogP contribution in [0.25, 0.3) is 154 Å². The molecule has 0 saturated carbocycles. The largest absolute Gasteiger partial charge is 0.203 e. The van der Waals surface area contributed by atoms with E-state index in [1.807, 2.05) is 97.1 Å². The van der Waals surface area contributed by atoms with Gasteiger partial charge in [-0.25, -0.2) is 43.9 Å². The van der Waals surface area contributed by atoms with Crippen LogP contribution in [0.3, 0.4) is 0 Å². The Morgan fingerprint density at radius 1 is 0.162 bits per heavy atom. The molecule has 0 fully saturated rings.